The average molecular weight is 258 g/mol. The summed E-state index contributed by atoms with van der Waals surface area (Å²) >= 11 is 0. The molecule has 0 radical (unpaired) electrons. The van der Waals surface area contributed by atoms with Gasteiger partial charge >= 0.3 is 0 Å². The lowest BCUT2D eigenvalue weighted by molar-refractivity contribution is -0.111. The molecule has 4 nitrogen and oxygen atoms in total. The van der Waals surface area contributed by atoms with Gasteiger partial charge in [-0.1, -0.05) is 6.07 Å². The summed E-state index contributed by atoms with van der Waals surface area (Å²) in [5, 5.41) is 0. The first kappa shape index (κ1) is 11.4. The summed E-state index contributed by atoms with van der Waals surface area (Å²) < 4.78 is 11.1. The number of nitrogens with zero attached hydrogens (tertiary/aromatic N) is 1. The van der Waals surface area contributed by atoms with E-state index < -0.39 is 0 Å². The van der Waals surface area contributed by atoms with Crippen molar-refractivity contribution >= 4 is 11.1 Å². The van der Waals surface area contributed by atoms with Crippen molar-refractivity contribution in [1.82, 2.24) is 4.98 Å². The molecule has 1 aromatic heterocycles. The van der Waals surface area contributed by atoms with Crippen LogP contribution in [0.25, 0.3) is 11.1 Å². The van der Waals surface area contributed by atoms with Crippen LogP contribution in [-0.2, 0) is 10.2 Å². The molecule has 1 aliphatic heterocycles. The van der Waals surface area contributed by atoms with Crippen LogP contribution in [0.5, 0.6) is 0 Å². The smallest absolute Gasteiger partial charge is 0.192 e. The highest BCUT2D eigenvalue weighted by atomic mass is 16.5. The van der Waals surface area contributed by atoms with Crippen LogP contribution < -0.4 is 5.73 Å². The Labute approximate surface area is 111 Å². The van der Waals surface area contributed by atoms with Crippen molar-refractivity contribution in [2.75, 3.05) is 13.2 Å². The van der Waals surface area contributed by atoms with E-state index in [1.165, 1.54) is 5.56 Å². The predicted octanol–water partition coefficient (Wildman–Crippen LogP) is 2.14. The van der Waals surface area contributed by atoms with E-state index in [4.69, 9.17) is 14.9 Å². The van der Waals surface area contributed by atoms with Crippen molar-refractivity contribution in [2.45, 2.75) is 31.2 Å². The first-order valence-electron chi connectivity index (χ1n) is 6.88. The quantitative estimate of drug-likeness (QED) is 0.896. The fourth-order valence-electron chi connectivity index (χ4n) is 3.43. The maximum absolute atomic E-state index is 5.95. The van der Waals surface area contributed by atoms with Crippen LogP contribution in [0.15, 0.2) is 22.6 Å². The van der Waals surface area contributed by atoms with E-state index in [2.05, 4.69) is 17.1 Å². The second kappa shape index (κ2) is 3.81. The van der Waals surface area contributed by atoms with Crippen LogP contribution in [0, 0.1) is 12.8 Å². The van der Waals surface area contributed by atoms with Gasteiger partial charge in [-0.25, -0.2) is 4.98 Å². The van der Waals surface area contributed by atoms with Gasteiger partial charge in [-0.05, 0) is 36.5 Å². The van der Waals surface area contributed by atoms with Crippen LogP contribution >= 0.6 is 0 Å². The molecule has 0 unspecified atom stereocenters. The van der Waals surface area contributed by atoms with Gasteiger partial charge in [0.1, 0.15) is 5.52 Å². The van der Waals surface area contributed by atoms with Gasteiger partial charge < -0.3 is 14.9 Å². The van der Waals surface area contributed by atoms with Crippen molar-refractivity contribution in [1.29, 1.82) is 0 Å². The van der Waals surface area contributed by atoms with Crippen molar-refractivity contribution in [3.05, 3.63) is 29.7 Å². The van der Waals surface area contributed by atoms with E-state index in [0.29, 0.717) is 12.0 Å². The Hall–Kier alpha value is -1.39. The molecular formula is C15H18N2O2. The Balaban J connectivity index is 1.75. The van der Waals surface area contributed by atoms with Crippen molar-refractivity contribution < 1.29 is 9.15 Å². The average Bonchev–Trinajstić information content (AvgIpc) is 2.64. The number of hydrogen-bond donors (Lipinski definition) is 1. The lowest BCUT2D eigenvalue weighted by Gasteiger charge is -2.53. The molecule has 1 saturated heterocycles. The molecule has 4 rings (SSSR count). The highest BCUT2D eigenvalue weighted by Gasteiger charge is 2.51. The molecule has 19 heavy (non-hydrogen) atoms. The standard InChI is InChI=1S/C15H18N2O2/c1-9-17-13-6-10(2-3-14(13)19-9)15(7-18-8-15)11-4-12(16)5-11/h2-3,6,11-12H,4-5,7-8,16H2,1H3. The lowest BCUT2D eigenvalue weighted by Crippen LogP contribution is -2.58. The van der Waals surface area contributed by atoms with Gasteiger partial charge in [0.15, 0.2) is 11.5 Å². The number of rotatable bonds is 2. The van der Waals surface area contributed by atoms with E-state index in [1.54, 1.807) is 0 Å². The predicted molar refractivity (Wildman–Crippen MR) is 71.9 cm³/mol. The molecule has 1 aliphatic carbocycles. The summed E-state index contributed by atoms with van der Waals surface area (Å²) in [6.45, 7) is 3.51. The first-order valence-corrected chi connectivity index (χ1v) is 6.88. The maximum Gasteiger partial charge on any atom is 0.192 e. The fraction of sp³-hybridized carbons (Fsp3) is 0.533. The molecule has 2 fully saturated rings. The fourth-order valence-corrected chi connectivity index (χ4v) is 3.43. The van der Waals surface area contributed by atoms with Gasteiger partial charge in [0.05, 0.1) is 13.2 Å². The van der Waals surface area contributed by atoms with E-state index in [9.17, 15) is 0 Å². The maximum atomic E-state index is 5.95. The SMILES string of the molecule is Cc1nc2cc(C3(C4CC(N)C4)COC3)ccc2o1. The second-order valence-corrected chi connectivity index (χ2v) is 5.99. The van der Waals surface area contributed by atoms with Gasteiger partial charge in [-0.2, -0.15) is 0 Å². The van der Waals surface area contributed by atoms with Crippen LogP contribution in [0.1, 0.15) is 24.3 Å². The molecule has 4 heteroatoms. The molecule has 1 aromatic carbocycles. The molecular weight excluding hydrogens is 240 g/mol. The number of hydrogen-bond acceptors (Lipinski definition) is 4. The normalized spacial score (nSPS) is 28.9. The first-order chi connectivity index (χ1) is 9.17. The van der Waals surface area contributed by atoms with Crippen LogP contribution in [-0.4, -0.2) is 24.2 Å². The minimum Gasteiger partial charge on any atom is -0.441 e. The molecule has 0 atom stereocenters. The van der Waals surface area contributed by atoms with Crippen molar-refractivity contribution in [2.24, 2.45) is 11.7 Å². The second-order valence-electron chi connectivity index (χ2n) is 5.99. The number of aryl methyl sites for hydroxylation is 1. The zero-order valence-corrected chi connectivity index (χ0v) is 11.1. The number of aromatic nitrogens is 1. The third-order valence-corrected chi connectivity index (χ3v) is 4.74. The number of fused-ring (bicyclic) bond motifs is 1. The summed E-state index contributed by atoms with van der Waals surface area (Å²) in [6.07, 6.45) is 2.22. The molecule has 0 bridgehead atoms. The Morgan fingerprint density at radius 3 is 2.74 bits per heavy atom. The largest absolute Gasteiger partial charge is 0.441 e. The summed E-state index contributed by atoms with van der Waals surface area (Å²) in [5.41, 5.74) is 9.25. The molecule has 2 heterocycles. The third-order valence-electron chi connectivity index (χ3n) is 4.74. The van der Waals surface area contributed by atoms with E-state index in [0.717, 1.165) is 43.0 Å². The summed E-state index contributed by atoms with van der Waals surface area (Å²) in [4.78, 5) is 4.43. The van der Waals surface area contributed by atoms with E-state index in [-0.39, 0.29) is 5.41 Å². The highest BCUT2D eigenvalue weighted by Crippen LogP contribution is 2.48. The Kier molecular flexibility index (Phi) is 2.29. The number of nitrogens with two attached hydrogens (primary N) is 1. The summed E-state index contributed by atoms with van der Waals surface area (Å²) in [6, 6.07) is 6.74. The van der Waals surface area contributed by atoms with Crippen LogP contribution in [0.2, 0.25) is 0 Å². The molecule has 2 N–H and O–H groups in total. The Morgan fingerprint density at radius 2 is 2.11 bits per heavy atom. The van der Waals surface area contributed by atoms with Gasteiger partial charge in [-0.3, -0.25) is 0 Å². The molecule has 100 valence electrons. The lowest BCUT2D eigenvalue weighted by atomic mass is 9.59. The van der Waals surface area contributed by atoms with Crippen molar-refractivity contribution in [3.63, 3.8) is 0 Å². The number of ether oxygens (including phenoxy) is 1. The zero-order valence-electron chi connectivity index (χ0n) is 11.1. The van der Waals surface area contributed by atoms with Gasteiger partial charge in [-0.15, -0.1) is 0 Å². The highest BCUT2D eigenvalue weighted by molar-refractivity contribution is 5.74. The summed E-state index contributed by atoms with van der Waals surface area (Å²) in [5.74, 6) is 1.37. The molecule has 0 spiro atoms. The zero-order chi connectivity index (χ0) is 13.0. The minimum atomic E-state index is 0.164. The number of oxazole rings is 1. The van der Waals surface area contributed by atoms with E-state index >= 15 is 0 Å². The topological polar surface area (TPSA) is 61.3 Å². The Morgan fingerprint density at radius 1 is 1.32 bits per heavy atom. The minimum absolute atomic E-state index is 0.164. The number of benzene rings is 1. The molecule has 1 saturated carbocycles. The third kappa shape index (κ3) is 1.56. The Bertz CT molecular complexity index is 624. The van der Waals surface area contributed by atoms with Gasteiger partial charge in [0, 0.05) is 18.4 Å². The van der Waals surface area contributed by atoms with Gasteiger partial charge in [0.2, 0.25) is 0 Å². The van der Waals surface area contributed by atoms with E-state index in [1.807, 2.05) is 13.0 Å². The monoisotopic (exact) mass is 258 g/mol. The molecule has 0 amide bonds. The van der Waals surface area contributed by atoms with Gasteiger partial charge in [0.25, 0.3) is 0 Å². The molecule has 2 aliphatic rings. The summed E-state index contributed by atoms with van der Waals surface area (Å²) in [7, 11) is 0. The van der Waals surface area contributed by atoms with Crippen LogP contribution in [0.3, 0.4) is 0 Å². The van der Waals surface area contributed by atoms with Crippen molar-refractivity contribution in [3.8, 4) is 0 Å². The van der Waals surface area contributed by atoms with Crippen LogP contribution in [0.4, 0.5) is 0 Å². The molecule has 2 aromatic rings.